The second kappa shape index (κ2) is 2.17. The second-order valence-corrected chi connectivity index (χ2v) is 2.48. The summed E-state index contributed by atoms with van der Waals surface area (Å²) in [6.07, 6.45) is 1.63. The fraction of sp³-hybridized carbons (Fsp3) is 0.167. The molecule has 2 aromatic rings. The Morgan fingerprint density at radius 1 is 1.45 bits per heavy atom. The lowest BCUT2D eigenvalue weighted by Gasteiger charge is -1.95. The first kappa shape index (κ1) is 6.54. The molecule has 11 heavy (non-hydrogen) atoms. The van der Waals surface area contributed by atoms with Crippen molar-refractivity contribution < 1.29 is 0 Å². The summed E-state index contributed by atoms with van der Waals surface area (Å²) in [6.45, 7) is 1.79. The maximum atomic E-state index is 5.75. The lowest BCUT2D eigenvalue weighted by atomic mass is 10.6. The summed E-state index contributed by atoms with van der Waals surface area (Å²) < 4.78 is 1.48. The molecule has 0 N–H and O–H groups in total. The number of hydrogen-bond acceptors (Lipinski definition) is 3. The number of fused-ring (bicyclic) bond motifs is 1. The number of nitrogens with zero attached hydrogens (tertiary/aromatic N) is 4. The molecular formula is C6H5ClN4. The molecule has 0 radical (unpaired) electrons. The fourth-order valence-electron chi connectivity index (χ4n) is 0.895. The van der Waals surface area contributed by atoms with Gasteiger partial charge in [-0.2, -0.15) is 9.61 Å². The van der Waals surface area contributed by atoms with Crippen LogP contribution in [0.5, 0.6) is 0 Å². The van der Waals surface area contributed by atoms with Gasteiger partial charge >= 0.3 is 0 Å². The quantitative estimate of drug-likeness (QED) is 0.592. The van der Waals surface area contributed by atoms with Crippen molar-refractivity contribution in [1.82, 2.24) is 19.6 Å². The van der Waals surface area contributed by atoms with E-state index in [-0.39, 0.29) is 0 Å². The van der Waals surface area contributed by atoms with Crippen LogP contribution in [0.15, 0.2) is 12.3 Å². The Morgan fingerprint density at radius 2 is 2.27 bits per heavy atom. The van der Waals surface area contributed by atoms with Gasteiger partial charge in [0.2, 0.25) is 5.28 Å². The lowest BCUT2D eigenvalue weighted by molar-refractivity contribution is 0.870. The van der Waals surface area contributed by atoms with E-state index in [1.807, 2.05) is 0 Å². The lowest BCUT2D eigenvalue weighted by Crippen LogP contribution is -1.97. The number of hydrogen-bond donors (Lipinski definition) is 0. The number of aromatic nitrogens is 4. The Hall–Kier alpha value is -1.16. The van der Waals surface area contributed by atoms with Gasteiger partial charge in [0.1, 0.15) is 5.82 Å². The maximum Gasteiger partial charge on any atom is 0.227 e. The van der Waals surface area contributed by atoms with E-state index in [9.17, 15) is 0 Å². The van der Waals surface area contributed by atoms with E-state index in [1.54, 1.807) is 19.2 Å². The summed E-state index contributed by atoms with van der Waals surface area (Å²) in [5.41, 5.74) is 0.725. The fourth-order valence-corrected chi connectivity index (χ4v) is 1.15. The van der Waals surface area contributed by atoms with Crippen LogP contribution in [-0.4, -0.2) is 19.6 Å². The molecule has 0 aliphatic heterocycles. The average molecular weight is 169 g/mol. The van der Waals surface area contributed by atoms with Gasteiger partial charge in [-0.1, -0.05) is 0 Å². The molecule has 2 rings (SSSR count). The van der Waals surface area contributed by atoms with Gasteiger partial charge in [-0.25, -0.2) is 9.97 Å². The van der Waals surface area contributed by atoms with Crippen molar-refractivity contribution in [2.75, 3.05) is 0 Å². The third-order valence-electron chi connectivity index (χ3n) is 1.33. The van der Waals surface area contributed by atoms with Crippen molar-refractivity contribution in [2.24, 2.45) is 0 Å². The molecule has 0 aromatic carbocycles. The van der Waals surface area contributed by atoms with E-state index in [2.05, 4.69) is 15.1 Å². The standard InChI is InChI=1S/C6H5ClN4/c1-4-9-5-2-3-8-11(5)6(7)10-4/h2-3H,1H3. The molecule has 0 saturated carbocycles. The van der Waals surface area contributed by atoms with Gasteiger partial charge in [0.15, 0.2) is 5.65 Å². The minimum atomic E-state index is 0.345. The van der Waals surface area contributed by atoms with Crippen LogP contribution >= 0.6 is 11.6 Å². The molecule has 0 aliphatic rings. The maximum absolute atomic E-state index is 5.75. The zero-order valence-electron chi connectivity index (χ0n) is 5.82. The molecule has 0 saturated heterocycles. The van der Waals surface area contributed by atoms with Gasteiger partial charge in [-0.15, -0.1) is 0 Å². The average Bonchev–Trinajstić information content (AvgIpc) is 2.34. The van der Waals surface area contributed by atoms with Crippen LogP contribution in [-0.2, 0) is 0 Å². The summed E-state index contributed by atoms with van der Waals surface area (Å²) >= 11 is 5.75. The van der Waals surface area contributed by atoms with Crippen LogP contribution in [0, 0.1) is 6.92 Å². The highest BCUT2D eigenvalue weighted by Crippen LogP contribution is 2.06. The van der Waals surface area contributed by atoms with Crippen molar-refractivity contribution in [3.05, 3.63) is 23.4 Å². The molecule has 4 nitrogen and oxygen atoms in total. The van der Waals surface area contributed by atoms with E-state index in [1.165, 1.54) is 4.52 Å². The molecule has 0 amide bonds. The van der Waals surface area contributed by atoms with Crippen molar-refractivity contribution >= 4 is 17.2 Å². The normalized spacial score (nSPS) is 10.7. The van der Waals surface area contributed by atoms with Gasteiger partial charge in [-0.05, 0) is 18.5 Å². The molecule has 0 fully saturated rings. The molecular weight excluding hydrogens is 164 g/mol. The van der Waals surface area contributed by atoms with Crippen molar-refractivity contribution in [1.29, 1.82) is 0 Å². The summed E-state index contributed by atoms with van der Waals surface area (Å²) in [5, 5.41) is 4.26. The zero-order chi connectivity index (χ0) is 7.84. The van der Waals surface area contributed by atoms with E-state index in [4.69, 9.17) is 11.6 Å². The Kier molecular flexibility index (Phi) is 1.29. The summed E-state index contributed by atoms with van der Waals surface area (Å²) in [6, 6.07) is 1.78. The smallest absolute Gasteiger partial charge is 0.214 e. The summed E-state index contributed by atoms with van der Waals surface area (Å²) in [4.78, 5) is 8.03. The van der Waals surface area contributed by atoms with Gasteiger partial charge in [0.05, 0.1) is 6.20 Å². The highest BCUT2D eigenvalue weighted by Gasteiger charge is 2.01. The molecule has 5 heteroatoms. The zero-order valence-corrected chi connectivity index (χ0v) is 6.58. The second-order valence-electron chi connectivity index (χ2n) is 2.14. The predicted molar refractivity (Wildman–Crippen MR) is 40.5 cm³/mol. The Morgan fingerprint density at radius 3 is 3.09 bits per heavy atom. The molecule has 0 bridgehead atoms. The Labute approximate surface area is 67.8 Å². The molecule has 2 heterocycles. The molecule has 56 valence electrons. The Bertz CT molecular complexity index is 394. The SMILES string of the molecule is Cc1nc(Cl)n2nccc2n1. The van der Waals surface area contributed by atoms with Gasteiger partial charge in [0, 0.05) is 6.07 Å². The topological polar surface area (TPSA) is 43.1 Å². The third-order valence-corrected chi connectivity index (χ3v) is 1.57. The van der Waals surface area contributed by atoms with Crippen LogP contribution in [0.4, 0.5) is 0 Å². The first-order chi connectivity index (χ1) is 5.27. The first-order valence-corrected chi connectivity index (χ1v) is 3.49. The summed E-state index contributed by atoms with van der Waals surface area (Å²) in [5.74, 6) is 0.656. The number of rotatable bonds is 0. The van der Waals surface area contributed by atoms with E-state index < -0.39 is 0 Å². The first-order valence-electron chi connectivity index (χ1n) is 3.11. The van der Waals surface area contributed by atoms with Crippen LogP contribution in [0.25, 0.3) is 5.65 Å². The summed E-state index contributed by atoms with van der Waals surface area (Å²) in [7, 11) is 0. The molecule has 0 aliphatic carbocycles. The van der Waals surface area contributed by atoms with Crippen LogP contribution in [0.1, 0.15) is 5.82 Å². The van der Waals surface area contributed by atoms with Crippen molar-refractivity contribution in [3.63, 3.8) is 0 Å². The van der Waals surface area contributed by atoms with Crippen molar-refractivity contribution in [3.8, 4) is 0 Å². The minimum absolute atomic E-state index is 0.345. The molecule has 0 atom stereocenters. The minimum Gasteiger partial charge on any atom is -0.214 e. The van der Waals surface area contributed by atoms with Crippen LogP contribution in [0.3, 0.4) is 0 Å². The molecule has 0 spiro atoms. The monoisotopic (exact) mass is 168 g/mol. The van der Waals surface area contributed by atoms with Crippen LogP contribution < -0.4 is 0 Å². The largest absolute Gasteiger partial charge is 0.227 e. The molecule has 0 unspecified atom stereocenters. The molecule has 2 aromatic heterocycles. The van der Waals surface area contributed by atoms with Crippen molar-refractivity contribution in [2.45, 2.75) is 6.92 Å². The highest BCUT2D eigenvalue weighted by atomic mass is 35.5. The van der Waals surface area contributed by atoms with Gasteiger partial charge in [0.25, 0.3) is 0 Å². The highest BCUT2D eigenvalue weighted by molar-refractivity contribution is 6.28. The number of halogens is 1. The van der Waals surface area contributed by atoms with Crippen LogP contribution in [0.2, 0.25) is 5.28 Å². The van der Waals surface area contributed by atoms with E-state index in [0.717, 1.165) is 5.65 Å². The van der Waals surface area contributed by atoms with E-state index in [0.29, 0.717) is 11.1 Å². The van der Waals surface area contributed by atoms with Gasteiger partial charge < -0.3 is 0 Å². The van der Waals surface area contributed by atoms with Gasteiger partial charge in [-0.3, -0.25) is 0 Å². The third kappa shape index (κ3) is 0.952. The van der Waals surface area contributed by atoms with E-state index >= 15 is 0 Å². The number of aryl methyl sites for hydroxylation is 1. The predicted octanol–water partition coefficient (Wildman–Crippen LogP) is 1.09. The Balaban J connectivity index is 2.91.